The Kier molecular flexibility index (Phi) is 3.89. The average Bonchev–Trinajstić information content (AvgIpc) is 3.02. The first-order valence-corrected chi connectivity index (χ1v) is 8.07. The van der Waals surface area contributed by atoms with Crippen molar-refractivity contribution < 1.29 is 14.3 Å². The second-order valence-electron chi connectivity index (χ2n) is 6.17. The zero-order chi connectivity index (χ0) is 17.4. The van der Waals surface area contributed by atoms with Crippen LogP contribution in [0.25, 0.3) is 10.9 Å². The van der Waals surface area contributed by atoms with Crippen LogP contribution in [0.3, 0.4) is 0 Å². The molecule has 2 atom stereocenters. The van der Waals surface area contributed by atoms with E-state index in [9.17, 15) is 14.3 Å². The van der Waals surface area contributed by atoms with Crippen LogP contribution in [-0.4, -0.2) is 38.5 Å². The molecule has 4 rings (SSSR count). The number of carbonyl (C=O) groups excluding carboxylic acids is 1. The lowest BCUT2D eigenvalue weighted by atomic mass is 10.0. The molecule has 1 fully saturated rings. The van der Waals surface area contributed by atoms with Crippen molar-refractivity contribution >= 4 is 16.8 Å². The van der Waals surface area contributed by atoms with Crippen molar-refractivity contribution in [2.75, 3.05) is 6.54 Å². The highest BCUT2D eigenvalue weighted by molar-refractivity contribution is 6.06. The van der Waals surface area contributed by atoms with E-state index in [1.807, 2.05) is 0 Å². The summed E-state index contributed by atoms with van der Waals surface area (Å²) < 4.78 is 13.6. The van der Waals surface area contributed by atoms with Crippen molar-refractivity contribution in [3.63, 3.8) is 0 Å². The molecule has 25 heavy (non-hydrogen) atoms. The van der Waals surface area contributed by atoms with Crippen LogP contribution in [0.15, 0.2) is 55.0 Å². The van der Waals surface area contributed by atoms with E-state index in [0.717, 1.165) is 0 Å². The van der Waals surface area contributed by atoms with Gasteiger partial charge in [-0.1, -0.05) is 12.1 Å². The molecule has 0 spiro atoms. The zero-order valence-electron chi connectivity index (χ0n) is 13.3. The summed E-state index contributed by atoms with van der Waals surface area (Å²) in [5, 5.41) is 10.8. The normalized spacial score (nSPS) is 20.2. The Bertz CT molecular complexity index is 941. The van der Waals surface area contributed by atoms with Crippen LogP contribution in [0.5, 0.6) is 0 Å². The molecular formula is C19H16FN3O2. The van der Waals surface area contributed by atoms with Gasteiger partial charge in [0, 0.05) is 30.5 Å². The van der Waals surface area contributed by atoms with Gasteiger partial charge in [-0.05, 0) is 36.2 Å². The smallest absolute Gasteiger partial charge is 0.255 e. The van der Waals surface area contributed by atoms with Crippen molar-refractivity contribution in [1.82, 2.24) is 14.9 Å². The van der Waals surface area contributed by atoms with Crippen LogP contribution in [0, 0.1) is 5.82 Å². The first kappa shape index (κ1) is 15.7. The molecule has 1 aliphatic rings. The van der Waals surface area contributed by atoms with Crippen LogP contribution < -0.4 is 0 Å². The number of pyridine rings is 2. The van der Waals surface area contributed by atoms with Gasteiger partial charge in [0.25, 0.3) is 5.91 Å². The molecule has 1 amide bonds. The number of rotatable bonds is 2. The van der Waals surface area contributed by atoms with Gasteiger partial charge < -0.3 is 10.0 Å². The lowest BCUT2D eigenvalue weighted by Gasteiger charge is -2.25. The van der Waals surface area contributed by atoms with Crippen molar-refractivity contribution in [2.45, 2.75) is 18.6 Å². The van der Waals surface area contributed by atoms with Crippen molar-refractivity contribution in [3.8, 4) is 0 Å². The number of aromatic nitrogens is 2. The molecule has 0 saturated carbocycles. The van der Waals surface area contributed by atoms with Gasteiger partial charge in [0.1, 0.15) is 5.82 Å². The van der Waals surface area contributed by atoms with E-state index in [1.54, 1.807) is 47.8 Å². The van der Waals surface area contributed by atoms with E-state index in [2.05, 4.69) is 9.97 Å². The Morgan fingerprint density at radius 2 is 2.12 bits per heavy atom. The first-order chi connectivity index (χ1) is 12.1. The predicted molar refractivity (Wildman–Crippen MR) is 90.3 cm³/mol. The van der Waals surface area contributed by atoms with Crippen molar-refractivity contribution in [1.29, 1.82) is 0 Å². The van der Waals surface area contributed by atoms with Crippen molar-refractivity contribution in [2.24, 2.45) is 0 Å². The lowest BCUT2D eigenvalue weighted by molar-refractivity contribution is 0.0717. The third kappa shape index (κ3) is 2.85. The number of nitrogens with zero attached hydrogens (tertiary/aromatic N) is 3. The topological polar surface area (TPSA) is 66.3 Å². The minimum Gasteiger partial charge on any atom is -0.391 e. The summed E-state index contributed by atoms with van der Waals surface area (Å²) in [7, 11) is 0. The second kappa shape index (κ2) is 6.22. The molecule has 1 saturated heterocycles. The molecule has 0 bridgehead atoms. The van der Waals surface area contributed by atoms with E-state index in [-0.39, 0.29) is 24.3 Å². The number of amides is 1. The van der Waals surface area contributed by atoms with E-state index < -0.39 is 6.10 Å². The maximum atomic E-state index is 13.6. The molecule has 0 aliphatic carbocycles. The second-order valence-corrected chi connectivity index (χ2v) is 6.17. The number of β-amino-alcohol motifs (C(OH)–C–C–N with tert-alkyl or cyclic N) is 1. The number of aliphatic hydroxyl groups excluding tert-OH is 1. The number of halogens is 1. The Morgan fingerprint density at radius 1 is 1.24 bits per heavy atom. The van der Waals surface area contributed by atoms with Crippen LogP contribution in [-0.2, 0) is 0 Å². The van der Waals surface area contributed by atoms with Gasteiger partial charge in [0.15, 0.2) is 0 Å². The summed E-state index contributed by atoms with van der Waals surface area (Å²) in [6.07, 6.45) is 4.57. The fourth-order valence-electron chi connectivity index (χ4n) is 3.40. The zero-order valence-corrected chi connectivity index (χ0v) is 13.3. The van der Waals surface area contributed by atoms with Gasteiger partial charge in [-0.15, -0.1) is 0 Å². The minimum atomic E-state index is -0.636. The number of likely N-dealkylation sites (tertiary alicyclic amines) is 1. The number of fused-ring (bicyclic) bond motifs is 1. The summed E-state index contributed by atoms with van der Waals surface area (Å²) in [5.41, 5.74) is 1.85. The number of hydrogen-bond donors (Lipinski definition) is 1. The van der Waals surface area contributed by atoms with Crippen LogP contribution in [0.1, 0.15) is 28.4 Å². The number of hydrogen-bond acceptors (Lipinski definition) is 4. The SMILES string of the molecule is O=C(c1ccnc2ccncc12)N1C[C@H](O)C[C@H]1c1cccc(F)c1. The van der Waals surface area contributed by atoms with Crippen LogP contribution in [0.4, 0.5) is 4.39 Å². The first-order valence-electron chi connectivity index (χ1n) is 8.07. The molecule has 1 N–H and O–H groups in total. The summed E-state index contributed by atoms with van der Waals surface area (Å²) >= 11 is 0. The maximum Gasteiger partial charge on any atom is 0.255 e. The Labute approximate surface area is 143 Å². The highest BCUT2D eigenvalue weighted by Crippen LogP contribution is 2.34. The number of aliphatic hydroxyl groups is 1. The number of benzene rings is 1. The molecule has 6 heteroatoms. The molecule has 0 unspecified atom stereocenters. The standard InChI is InChI=1S/C19H16FN3O2/c20-13-3-1-2-12(8-13)18-9-14(24)11-23(18)19(25)15-4-7-22-17-5-6-21-10-16(15)17/h1-8,10,14,18,24H,9,11H2/t14-,18+/m1/s1. The minimum absolute atomic E-state index is 0.212. The van der Waals surface area contributed by atoms with Gasteiger partial charge >= 0.3 is 0 Å². The fourth-order valence-corrected chi connectivity index (χ4v) is 3.40. The summed E-state index contributed by atoms with van der Waals surface area (Å²) in [6.45, 7) is 0.212. The monoisotopic (exact) mass is 337 g/mol. The fraction of sp³-hybridized carbons (Fsp3) is 0.211. The third-order valence-corrected chi connectivity index (χ3v) is 4.55. The third-order valence-electron chi connectivity index (χ3n) is 4.55. The van der Waals surface area contributed by atoms with Gasteiger partial charge in [-0.3, -0.25) is 14.8 Å². The average molecular weight is 337 g/mol. The van der Waals surface area contributed by atoms with Gasteiger partial charge in [-0.2, -0.15) is 0 Å². The summed E-state index contributed by atoms with van der Waals surface area (Å²) in [6, 6.07) is 9.20. The van der Waals surface area contributed by atoms with E-state index in [1.165, 1.54) is 12.1 Å². The van der Waals surface area contributed by atoms with Gasteiger partial charge in [0.2, 0.25) is 0 Å². The molecule has 3 heterocycles. The Hall–Kier alpha value is -2.86. The largest absolute Gasteiger partial charge is 0.391 e. The van der Waals surface area contributed by atoms with E-state index in [4.69, 9.17) is 0 Å². The molecule has 1 aliphatic heterocycles. The Balaban J connectivity index is 1.75. The maximum absolute atomic E-state index is 13.6. The van der Waals surface area contributed by atoms with Crippen molar-refractivity contribution in [3.05, 3.63) is 71.9 Å². The van der Waals surface area contributed by atoms with E-state index in [0.29, 0.717) is 28.5 Å². The predicted octanol–water partition coefficient (Wildman–Crippen LogP) is 2.72. The van der Waals surface area contributed by atoms with Crippen LogP contribution >= 0.6 is 0 Å². The highest BCUT2D eigenvalue weighted by atomic mass is 19.1. The molecule has 3 aromatic rings. The molecular weight excluding hydrogens is 321 g/mol. The summed E-state index contributed by atoms with van der Waals surface area (Å²) in [5.74, 6) is -0.573. The molecule has 0 radical (unpaired) electrons. The van der Waals surface area contributed by atoms with Gasteiger partial charge in [-0.25, -0.2) is 4.39 Å². The van der Waals surface area contributed by atoms with Crippen LogP contribution in [0.2, 0.25) is 0 Å². The van der Waals surface area contributed by atoms with E-state index >= 15 is 0 Å². The molecule has 2 aromatic heterocycles. The molecule has 1 aromatic carbocycles. The quantitative estimate of drug-likeness (QED) is 0.781. The van der Waals surface area contributed by atoms with Gasteiger partial charge in [0.05, 0.1) is 23.2 Å². The lowest BCUT2D eigenvalue weighted by Crippen LogP contribution is -2.32. The highest BCUT2D eigenvalue weighted by Gasteiger charge is 2.36. The molecule has 5 nitrogen and oxygen atoms in total. The molecule has 126 valence electrons. The summed E-state index contributed by atoms with van der Waals surface area (Å²) in [4.78, 5) is 23.1. The number of carbonyl (C=O) groups is 1. The Morgan fingerprint density at radius 3 is 2.96 bits per heavy atom.